The highest BCUT2D eigenvalue weighted by atomic mass is 19.4. The fourth-order valence-electron chi connectivity index (χ4n) is 4.91. The smallest absolute Gasteiger partial charge is 0.377 e. The van der Waals surface area contributed by atoms with Gasteiger partial charge in [0.1, 0.15) is 24.0 Å². The van der Waals surface area contributed by atoms with Gasteiger partial charge in [-0.15, -0.1) is 0 Å². The standard InChI is InChI=1S/C20H26F3N5O4/c1-13-10-31-7-5-26(13)15-8-16(29)27-4-2-14(20(21,22)23)28(18(27)24-15)9-17(30)25-11-19(12-25)3-6-32-19/h8,13-14H,2-7,9-12H2,1H3/t13-,14+/m1/s1. The van der Waals surface area contributed by atoms with E-state index in [1.54, 1.807) is 0 Å². The van der Waals surface area contributed by atoms with Gasteiger partial charge in [-0.05, 0) is 13.3 Å². The van der Waals surface area contributed by atoms with Crippen LogP contribution in [-0.4, -0.2) is 90.2 Å². The van der Waals surface area contributed by atoms with Crippen LogP contribution in [-0.2, 0) is 20.8 Å². The third-order valence-corrected chi connectivity index (χ3v) is 6.86. The Labute approximate surface area is 182 Å². The summed E-state index contributed by atoms with van der Waals surface area (Å²) in [5, 5.41) is 0. The number of halogens is 3. The molecule has 4 aliphatic rings. The number of ether oxygens (including phenoxy) is 2. The highest BCUT2D eigenvalue weighted by Gasteiger charge is 2.52. The first-order valence-corrected chi connectivity index (χ1v) is 10.9. The Balaban J connectivity index is 1.46. The van der Waals surface area contributed by atoms with Crippen molar-refractivity contribution in [2.24, 2.45) is 0 Å². The number of nitrogens with zero attached hydrogens (tertiary/aromatic N) is 5. The Kier molecular flexibility index (Phi) is 5.12. The number of rotatable bonds is 3. The van der Waals surface area contributed by atoms with Crippen molar-refractivity contribution in [1.29, 1.82) is 0 Å². The molecular formula is C20H26F3N5O4. The molecule has 1 amide bonds. The van der Waals surface area contributed by atoms with Crippen LogP contribution < -0.4 is 15.4 Å². The summed E-state index contributed by atoms with van der Waals surface area (Å²) in [6, 6.07) is -0.603. The first-order chi connectivity index (χ1) is 15.2. The van der Waals surface area contributed by atoms with Crippen molar-refractivity contribution in [3.63, 3.8) is 0 Å². The van der Waals surface area contributed by atoms with Gasteiger partial charge in [0.25, 0.3) is 5.56 Å². The maximum absolute atomic E-state index is 13.9. The zero-order valence-corrected chi connectivity index (χ0v) is 17.8. The molecule has 1 aromatic rings. The molecule has 12 heteroatoms. The van der Waals surface area contributed by atoms with E-state index in [0.29, 0.717) is 45.3 Å². The fourth-order valence-corrected chi connectivity index (χ4v) is 4.91. The largest absolute Gasteiger partial charge is 0.408 e. The SMILES string of the molecule is C[C@@H]1COCCN1c1cc(=O)n2c(n1)N(CC(=O)N1CC3(CCO3)C1)[C@H](C(F)(F)F)CC2. The number of alkyl halides is 3. The number of aromatic nitrogens is 2. The number of carbonyl (C=O) groups excluding carboxylic acids is 1. The van der Waals surface area contributed by atoms with Gasteiger partial charge in [-0.2, -0.15) is 18.2 Å². The van der Waals surface area contributed by atoms with Crippen LogP contribution in [0.25, 0.3) is 0 Å². The Morgan fingerprint density at radius 1 is 1.28 bits per heavy atom. The second-order valence-electron chi connectivity index (χ2n) is 9.03. The summed E-state index contributed by atoms with van der Waals surface area (Å²) in [6.45, 7) is 4.10. The van der Waals surface area contributed by atoms with Crippen LogP contribution in [0, 0.1) is 0 Å². The van der Waals surface area contributed by atoms with Crippen molar-refractivity contribution in [2.45, 2.75) is 50.2 Å². The first-order valence-electron chi connectivity index (χ1n) is 10.9. The van der Waals surface area contributed by atoms with Gasteiger partial charge in [0.2, 0.25) is 11.9 Å². The molecule has 1 spiro atoms. The number of anilines is 2. The summed E-state index contributed by atoms with van der Waals surface area (Å²) in [7, 11) is 0. The van der Waals surface area contributed by atoms with Crippen LogP contribution in [0.2, 0.25) is 0 Å². The maximum atomic E-state index is 13.9. The zero-order chi connectivity index (χ0) is 22.7. The van der Waals surface area contributed by atoms with Gasteiger partial charge >= 0.3 is 6.18 Å². The second kappa shape index (κ2) is 7.62. The lowest BCUT2D eigenvalue weighted by atomic mass is 9.86. The highest BCUT2D eigenvalue weighted by Crippen LogP contribution is 2.37. The molecule has 0 N–H and O–H groups in total. The summed E-state index contributed by atoms with van der Waals surface area (Å²) in [4.78, 5) is 34.4. The number of hydrogen-bond donors (Lipinski definition) is 0. The number of carbonyl (C=O) groups is 1. The van der Waals surface area contributed by atoms with E-state index < -0.39 is 30.2 Å². The molecule has 0 bridgehead atoms. The van der Waals surface area contributed by atoms with E-state index in [2.05, 4.69) is 4.98 Å². The van der Waals surface area contributed by atoms with E-state index in [1.807, 2.05) is 11.8 Å². The minimum Gasteiger partial charge on any atom is -0.377 e. The monoisotopic (exact) mass is 457 g/mol. The Morgan fingerprint density at radius 2 is 2.03 bits per heavy atom. The number of fused-ring (bicyclic) bond motifs is 1. The van der Waals surface area contributed by atoms with Crippen molar-refractivity contribution in [2.75, 3.05) is 55.8 Å². The normalized spacial score (nSPS) is 27.1. The minimum atomic E-state index is -4.56. The van der Waals surface area contributed by atoms with Crippen molar-refractivity contribution >= 4 is 17.7 Å². The molecule has 0 aliphatic carbocycles. The van der Waals surface area contributed by atoms with E-state index in [1.165, 1.54) is 15.5 Å². The Morgan fingerprint density at radius 3 is 2.66 bits per heavy atom. The summed E-state index contributed by atoms with van der Waals surface area (Å²) in [5.74, 6) is -0.223. The third kappa shape index (κ3) is 3.62. The lowest BCUT2D eigenvalue weighted by molar-refractivity contribution is -0.221. The molecule has 4 aliphatic heterocycles. The van der Waals surface area contributed by atoms with Gasteiger partial charge < -0.3 is 24.2 Å². The van der Waals surface area contributed by atoms with Gasteiger partial charge in [0.15, 0.2) is 0 Å². The number of hydrogen-bond acceptors (Lipinski definition) is 7. The topological polar surface area (TPSA) is 80.1 Å². The lowest BCUT2D eigenvalue weighted by Gasteiger charge is -2.55. The molecule has 3 fully saturated rings. The van der Waals surface area contributed by atoms with Crippen molar-refractivity contribution in [1.82, 2.24) is 14.5 Å². The third-order valence-electron chi connectivity index (χ3n) is 6.86. The van der Waals surface area contributed by atoms with Crippen molar-refractivity contribution in [3.8, 4) is 0 Å². The maximum Gasteiger partial charge on any atom is 0.408 e. The summed E-state index contributed by atoms with van der Waals surface area (Å²) in [5.41, 5.74) is -0.735. The molecule has 0 saturated carbocycles. The van der Waals surface area contributed by atoms with Gasteiger partial charge in [-0.3, -0.25) is 14.2 Å². The van der Waals surface area contributed by atoms with E-state index in [-0.39, 0.29) is 30.6 Å². The average molecular weight is 457 g/mol. The molecular weight excluding hydrogens is 431 g/mol. The molecule has 176 valence electrons. The average Bonchev–Trinajstić information content (AvgIpc) is 2.65. The van der Waals surface area contributed by atoms with Gasteiger partial charge in [0, 0.05) is 25.6 Å². The van der Waals surface area contributed by atoms with Crippen molar-refractivity contribution in [3.05, 3.63) is 16.4 Å². The van der Waals surface area contributed by atoms with Gasteiger partial charge in [0.05, 0.1) is 39.0 Å². The van der Waals surface area contributed by atoms with Crippen LogP contribution in [0.4, 0.5) is 24.9 Å². The van der Waals surface area contributed by atoms with Crippen LogP contribution in [0.5, 0.6) is 0 Å². The predicted molar refractivity (Wildman–Crippen MR) is 108 cm³/mol. The van der Waals surface area contributed by atoms with Crippen LogP contribution in [0.15, 0.2) is 10.9 Å². The van der Waals surface area contributed by atoms with E-state index in [9.17, 15) is 22.8 Å². The van der Waals surface area contributed by atoms with E-state index in [0.717, 1.165) is 11.3 Å². The minimum absolute atomic E-state index is 0.0736. The van der Waals surface area contributed by atoms with E-state index >= 15 is 0 Å². The quantitative estimate of drug-likeness (QED) is 0.658. The lowest BCUT2D eigenvalue weighted by Crippen LogP contribution is -2.70. The number of amides is 1. The molecule has 1 aromatic heterocycles. The Bertz CT molecular complexity index is 956. The van der Waals surface area contributed by atoms with E-state index in [4.69, 9.17) is 9.47 Å². The fraction of sp³-hybridized carbons (Fsp3) is 0.750. The molecule has 0 radical (unpaired) electrons. The van der Waals surface area contributed by atoms with Crippen LogP contribution >= 0.6 is 0 Å². The Hall–Kier alpha value is -2.34. The molecule has 5 rings (SSSR count). The zero-order valence-electron chi connectivity index (χ0n) is 17.8. The molecule has 9 nitrogen and oxygen atoms in total. The molecule has 32 heavy (non-hydrogen) atoms. The summed E-state index contributed by atoms with van der Waals surface area (Å²) in [6.07, 6.45) is -4.02. The van der Waals surface area contributed by atoms with Crippen LogP contribution in [0.1, 0.15) is 19.8 Å². The summed E-state index contributed by atoms with van der Waals surface area (Å²) >= 11 is 0. The van der Waals surface area contributed by atoms with Gasteiger partial charge in [-0.1, -0.05) is 0 Å². The molecule has 2 atom stereocenters. The van der Waals surface area contributed by atoms with Crippen molar-refractivity contribution < 1.29 is 27.4 Å². The number of morpholine rings is 1. The summed E-state index contributed by atoms with van der Waals surface area (Å²) < 4.78 is 53.9. The molecule has 0 aromatic carbocycles. The van der Waals surface area contributed by atoms with Crippen LogP contribution in [0.3, 0.4) is 0 Å². The highest BCUT2D eigenvalue weighted by molar-refractivity contribution is 5.82. The molecule has 3 saturated heterocycles. The molecule has 5 heterocycles. The number of likely N-dealkylation sites (tertiary alicyclic amines) is 1. The second-order valence-corrected chi connectivity index (χ2v) is 9.03. The molecule has 0 unspecified atom stereocenters. The first kappa shape index (κ1) is 21.5. The predicted octanol–water partition coefficient (Wildman–Crippen LogP) is 0.611. The van der Waals surface area contributed by atoms with Gasteiger partial charge in [-0.25, -0.2) is 0 Å².